The lowest BCUT2D eigenvalue weighted by Gasteiger charge is -2.20. The molecule has 0 atom stereocenters. The molecule has 174 valence electrons. The number of alkyl halides is 3. The van der Waals surface area contributed by atoms with Crippen LogP contribution in [0.1, 0.15) is 11.1 Å². The summed E-state index contributed by atoms with van der Waals surface area (Å²) in [7, 11) is 0. The Kier molecular flexibility index (Phi) is 11.3. The van der Waals surface area contributed by atoms with Gasteiger partial charge in [0.25, 0.3) is 0 Å². The Morgan fingerprint density at radius 3 is 1.72 bits per heavy atom. The van der Waals surface area contributed by atoms with Crippen molar-refractivity contribution in [1.82, 2.24) is 4.90 Å². The number of carbonyl (C=O) groups is 3. The summed E-state index contributed by atoms with van der Waals surface area (Å²) in [5.74, 6) is -3.26. The maximum absolute atomic E-state index is 12.2. The number of amides is 1. The Balaban J connectivity index is 0.000000633. The van der Waals surface area contributed by atoms with Gasteiger partial charge in [0.1, 0.15) is 19.8 Å². The van der Waals surface area contributed by atoms with Crippen molar-refractivity contribution < 1.29 is 42.1 Å². The molecule has 0 aromatic heterocycles. The lowest BCUT2D eigenvalue weighted by Crippen LogP contribution is -2.40. The van der Waals surface area contributed by atoms with Crippen LogP contribution in [0.15, 0.2) is 60.7 Å². The van der Waals surface area contributed by atoms with Crippen molar-refractivity contribution in [3.05, 3.63) is 71.8 Å². The quantitative estimate of drug-likeness (QED) is 0.586. The molecule has 1 amide bonds. The minimum atomic E-state index is -5.08. The van der Waals surface area contributed by atoms with E-state index in [9.17, 15) is 22.8 Å². The van der Waals surface area contributed by atoms with Crippen LogP contribution in [-0.4, -0.2) is 53.8 Å². The zero-order valence-corrected chi connectivity index (χ0v) is 17.0. The van der Waals surface area contributed by atoms with E-state index in [1.807, 2.05) is 60.7 Å². The normalized spacial score (nSPS) is 10.4. The first-order valence-corrected chi connectivity index (χ1v) is 9.28. The SMILES string of the molecule is NCCN(CC(=O)OCc1ccccc1)C(=O)OCc1ccccc1.O=C(O)C(F)(F)F. The molecule has 2 rings (SSSR count). The molecule has 0 fully saturated rings. The van der Waals surface area contributed by atoms with E-state index in [0.29, 0.717) is 0 Å². The van der Waals surface area contributed by atoms with Crippen molar-refractivity contribution >= 4 is 18.0 Å². The molecule has 0 spiro atoms. The molecule has 2 aromatic carbocycles. The Hall–Kier alpha value is -3.60. The van der Waals surface area contributed by atoms with E-state index in [-0.39, 0.29) is 32.8 Å². The second-order valence-corrected chi connectivity index (χ2v) is 6.20. The number of benzene rings is 2. The highest BCUT2D eigenvalue weighted by Crippen LogP contribution is 2.13. The molecular formula is C21H23F3N2O6. The maximum Gasteiger partial charge on any atom is 0.490 e. The van der Waals surface area contributed by atoms with Crippen LogP contribution in [0, 0.1) is 0 Å². The second kappa shape index (κ2) is 13.7. The predicted octanol–water partition coefficient (Wildman–Crippen LogP) is 2.96. The van der Waals surface area contributed by atoms with Gasteiger partial charge in [0.2, 0.25) is 0 Å². The smallest absolute Gasteiger partial charge is 0.475 e. The monoisotopic (exact) mass is 456 g/mol. The van der Waals surface area contributed by atoms with Gasteiger partial charge in [-0.05, 0) is 11.1 Å². The van der Waals surface area contributed by atoms with Crippen molar-refractivity contribution in [3.63, 3.8) is 0 Å². The average molecular weight is 456 g/mol. The zero-order chi connectivity index (χ0) is 24.0. The summed E-state index contributed by atoms with van der Waals surface area (Å²) < 4.78 is 42.2. The van der Waals surface area contributed by atoms with Gasteiger partial charge in [-0.2, -0.15) is 13.2 Å². The summed E-state index contributed by atoms with van der Waals surface area (Å²) in [6.07, 6.45) is -5.68. The Morgan fingerprint density at radius 1 is 0.875 bits per heavy atom. The van der Waals surface area contributed by atoms with Crippen molar-refractivity contribution in [2.45, 2.75) is 19.4 Å². The van der Waals surface area contributed by atoms with E-state index in [2.05, 4.69) is 0 Å². The van der Waals surface area contributed by atoms with E-state index in [1.54, 1.807) is 0 Å². The first-order valence-electron chi connectivity index (χ1n) is 9.28. The van der Waals surface area contributed by atoms with Crippen LogP contribution in [-0.2, 0) is 32.3 Å². The zero-order valence-electron chi connectivity index (χ0n) is 17.0. The predicted molar refractivity (Wildman–Crippen MR) is 107 cm³/mol. The average Bonchev–Trinajstić information content (AvgIpc) is 2.77. The van der Waals surface area contributed by atoms with Gasteiger partial charge >= 0.3 is 24.2 Å². The van der Waals surface area contributed by atoms with E-state index < -0.39 is 24.2 Å². The van der Waals surface area contributed by atoms with Gasteiger partial charge in [-0.25, -0.2) is 9.59 Å². The first kappa shape index (κ1) is 26.4. The molecule has 0 heterocycles. The highest BCUT2D eigenvalue weighted by atomic mass is 19.4. The van der Waals surface area contributed by atoms with Crippen LogP contribution in [0.25, 0.3) is 0 Å². The highest BCUT2D eigenvalue weighted by Gasteiger charge is 2.38. The highest BCUT2D eigenvalue weighted by molar-refractivity contribution is 5.78. The maximum atomic E-state index is 12.2. The molecule has 32 heavy (non-hydrogen) atoms. The summed E-state index contributed by atoms with van der Waals surface area (Å²) in [6, 6.07) is 18.7. The molecule has 0 aliphatic rings. The lowest BCUT2D eigenvalue weighted by molar-refractivity contribution is -0.192. The van der Waals surface area contributed by atoms with Crippen molar-refractivity contribution in [3.8, 4) is 0 Å². The third kappa shape index (κ3) is 11.0. The fourth-order valence-corrected chi connectivity index (χ4v) is 2.14. The van der Waals surface area contributed by atoms with Crippen LogP contribution in [0.3, 0.4) is 0 Å². The van der Waals surface area contributed by atoms with Crippen LogP contribution in [0.5, 0.6) is 0 Å². The number of rotatable bonds is 8. The van der Waals surface area contributed by atoms with Crippen LogP contribution >= 0.6 is 0 Å². The van der Waals surface area contributed by atoms with Gasteiger partial charge in [-0.3, -0.25) is 9.69 Å². The van der Waals surface area contributed by atoms with Crippen molar-refractivity contribution in [1.29, 1.82) is 0 Å². The number of carboxylic acid groups (broad SMARTS) is 1. The van der Waals surface area contributed by atoms with Gasteiger partial charge in [0, 0.05) is 13.1 Å². The van der Waals surface area contributed by atoms with Gasteiger partial charge in [0.05, 0.1) is 0 Å². The van der Waals surface area contributed by atoms with Gasteiger partial charge in [-0.1, -0.05) is 60.7 Å². The molecule has 0 bridgehead atoms. The Bertz CT molecular complexity index is 848. The fourth-order valence-electron chi connectivity index (χ4n) is 2.14. The molecule has 0 saturated carbocycles. The molecule has 0 radical (unpaired) electrons. The van der Waals surface area contributed by atoms with Crippen LogP contribution < -0.4 is 5.73 Å². The number of aliphatic carboxylic acids is 1. The summed E-state index contributed by atoms with van der Waals surface area (Å²) in [5.41, 5.74) is 7.27. The Morgan fingerprint density at radius 2 is 1.31 bits per heavy atom. The number of hydrogen-bond donors (Lipinski definition) is 2. The summed E-state index contributed by atoms with van der Waals surface area (Å²) in [5, 5.41) is 7.12. The summed E-state index contributed by atoms with van der Waals surface area (Å²) >= 11 is 0. The number of ether oxygens (including phenoxy) is 2. The fraction of sp³-hybridized carbons (Fsp3) is 0.286. The number of carbonyl (C=O) groups excluding carboxylic acids is 2. The van der Waals surface area contributed by atoms with E-state index in [4.69, 9.17) is 25.1 Å². The second-order valence-electron chi connectivity index (χ2n) is 6.20. The molecule has 0 aliphatic carbocycles. The molecule has 3 N–H and O–H groups in total. The molecule has 11 heteroatoms. The standard InChI is InChI=1S/C19H22N2O4.C2HF3O2/c20-11-12-21(19(23)25-15-17-9-5-2-6-10-17)13-18(22)24-14-16-7-3-1-4-8-16;3-2(4,5)1(6)7/h1-10H,11-15,20H2;(H,6,7). The number of hydrogen-bond acceptors (Lipinski definition) is 6. The topological polar surface area (TPSA) is 119 Å². The molecule has 0 aliphatic heterocycles. The third-order valence-electron chi connectivity index (χ3n) is 3.67. The minimum Gasteiger partial charge on any atom is -0.475 e. The van der Waals surface area contributed by atoms with Gasteiger partial charge in [0.15, 0.2) is 0 Å². The number of nitrogens with zero attached hydrogens (tertiary/aromatic N) is 1. The minimum absolute atomic E-state index is 0.139. The van der Waals surface area contributed by atoms with Crippen molar-refractivity contribution in [2.75, 3.05) is 19.6 Å². The lowest BCUT2D eigenvalue weighted by atomic mass is 10.2. The van der Waals surface area contributed by atoms with E-state index in [0.717, 1.165) is 11.1 Å². The third-order valence-corrected chi connectivity index (χ3v) is 3.67. The largest absolute Gasteiger partial charge is 0.490 e. The number of carboxylic acids is 1. The molecule has 8 nitrogen and oxygen atoms in total. The molecule has 0 saturated heterocycles. The summed E-state index contributed by atoms with van der Waals surface area (Å²) in [4.78, 5) is 34.3. The molecular weight excluding hydrogens is 433 g/mol. The molecule has 2 aromatic rings. The number of nitrogens with two attached hydrogens (primary N) is 1. The van der Waals surface area contributed by atoms with Crippen LogP contribution in [0.2, 0.25) is 0 Å². The van der Waals surface area contributed by atoms with Gasteiger partial charge < -0.3 is 20.3 Å². The number of esters is 1. The van der Waals surface area contributed by atoms with E-state index >= 15 is 0 Å². The van der Waals surface area contributed by atoms with Gasteiger partial charge in [-0.15, -0.1) is 0 Å². The summed E-state index contributed by atoms with van der Waals surface area (Å²) in [6.45, 7) is 0.549. The van der Waals surface area contributed by atoms with E-state index in [1.165, 1.54) is 4.90 Å². The van der Waals surface area contributed by atoms with Crippen molar-refractivity contribution in [2.24, 2.45) is 5.73 Å². The Labute approximate surface area is 182 Å². The van der Waals surface area contributed by atoms with Crippen LogP contribution in [0.4, 0.5) is 18.0 Å². The molecule has 0 unspecified atom stereocenters. The number of halogens is 3. The first-order chi connectivity index (χ1) is 15.1.